The summed E-state index contributed by atoms with van der Waals surface area (Å²) < 4.78 is 0. The molecule has 0 aliphatic heterocycles. The van der Waals surface area contributed by atoms with Gasteiger partial charge in [0.1, 0.15) is 5.82 Å². The van der Waals surface area contributed by atoms with E-state index in [9.17, 15) is 0 Å². The third kappa shape index (κ3) is 1.74. The van der Waals surface area contributed by atoms with Crippen LogP contribution in [-0.4, -0.2) is 9.97 Å². The van der Waals surface area contributed by atoms with Gasteiger partial charge < -0.3 is 10.7 Å². The number of aromatic nitrogens is 2. The van der Waals surface area contributed by atoms with Crippen LogP contribution < -0.4 is 5.73 Å². The Hall–Kier alpha value is -2.29. The Labute approximate surface area is 106 Å². The van der Waals surface area contributed by atoms with Crippen molar-refractivity contribution in [2.45, 2.75) is 13.8 Å². The second kappa shape index (κ2) is 3.88. The zero-order chi connectivity index (χ0) is 12.7. The number of fused-ring (bicyclic) bond motifs is 1. The Bertz CT molecular complexity index is 669. The highest BCUT2D eigenvalue weighted by atomic mass is 14.9. The fourth-order valence-corrected chi connectivity index (χ4v) is 2.05. The van der Waals surface area contributed by atoms with Crippen LogP contribution in [0.2, 0.25) is 0 Å². The van der Waals surface area contributed by atoms with E-state index >= 15 is 0 Å². The van der Waals surface area contributed by atoms with Gasteiger partial charge in [0.25, 0.3) is 0 Å². The highest BCUT2D eigenvalue weighted by molar-refractivity contribution is 5.81. The van der Waals surface area contributed by atoms with Gasteiger partial charge in [-0.1, -0.05) is 0 Å². The summed E-state index contributed by atoms with van der Waals surface area (Å²) in [5.41, 5.74) is 12.1. The molecule has 0 saturated heterocycles. The molecule has 0 atom stereocenters. The van der Waals surface area contributed by atoms with Crippen molar-refractivity contribution >= 4 is 16.7 Å². The Balaban J connectivity index is 2.16. The summed E-state index contributed by atoms with van der Waals surface area (Å²) in [5.74, 6) is 0.884. The number of anilines is 1. The molecule has 18 heavy (non-hydrogen) atoms. The molecule has 0 unspecified atom stereocenters. The van der Waals surface area contributed by atoms with Crippen LogP contribution in [0.3, 0.4) is 0 Å². The minimum Gasteiger partial charge on any atom is -0.399 e. The maximum absolute atomic E-state index is 5.69. The molecule has 0 fully saturated rings. The molecular weight excluding hydrogens is 222 g/mol. The molecule has 2 aromatic carbocycles. The number of hydrogen-bond acceptors (Lipinski definition) is 2. The Morgan fingerprint density at radius 2 is 1.67 bits per heavy atom. The maximum atomic E-state index is 5.69. The van der Waals surface area contributed by atoms with Gasteiger partial charge in [-0.05, 0) is 61.4 Å². The summed E-state index contributed by atoms with van der Waals surface area (Å²) in [5, 5.41) is 0. The lowest BCUT2D eigenvalue weighted by molar-refractivity contribution is 1.34. The van der Waals surface area contributed by atoms with Gasteiger partial charge in [0.15, 0.2) is 0 Å². The third-order valence-electron chi connectivity index (χ3n) is 3.28. The number of H-pyrrole nitrogens is 1. The number of nitrogens with two attached hydrogens (primary N) is 1. The molecule has 3 nitrogen and oxygen atoms in total. The molecule has 0 saturated carbocycles. The van der Waals surface area contributed by atoms with Gasteiger partial charge in [-0.25, -0.2) is 4.98 Å². The lowest BCUT2D eigenvalue weighted by Crippen LogP contribution is -1.84. The van der Waals surface area contributed by atoms with E-state index in [0.29, 0.717) is 0 Å². The number of nitrogens with zero attached hydrogens (tertiary/aromatic N) is 1. The summed E-state index contributed by atoms with van der Waals surface area (Å²) in [4.78, 5) is 7.97. The quantitative estimate of drug-likeness (QED) is 0.637. The smallest absolute Gasteiger partial charge is 0.138 e. The van der Waals surface area contributed by atoms with Crippen LogP contribution >= 0.6 is 0 Å². The molecule has 0 spiro atoms. The van der Waals surface area contributed by atoms with E-state index in [2.05, 4.69) is 35.9 Å². The van der Waals surface area contributed by atoms with E-state index in [1.807, 2.05) is 24.3 Å². The third-order valence-corrected chi connectivity index (χ3v) is 3.28. The summed E-state index contributed by atoms with van der Waals surface area (Å²) in [6.07, 6.45) is 0. The van der Waals surface area contributed by atoms with Crippen molar-refractivity contribution in [3.63, 3.8) is 0 Å². The number of benzene rings is 2. The molecule has 1 heterocycles. The van der Waals surface area contributed by atoms with Crippen molar-refractivity contribution in [3.05, 3.63) is 47.5 Å². The monoisotopic (exact) mass is 237 g/mol. The van der Waals surface area contributed by atoms with Crippen molar-refractivity contribution < 1.29 is 0 Å². The normalized spacial score (nSPS) is 11.0. The fraction of sp³-hybridized carbons (Fsp3) is 0.133. The topological polar surface area (TPSA) is 54.7 Å². The first kappa shape index (κ1) is 10.8. The number of aryl methyl sites for hydroxylation is 2. The number of imidazole rings is 1. The predicted molar refractivity (Wildman–Crippen MR) is 75.4 cm³/mol. The van der Waals surface area contributed by atoms with Gasteiger partial charge in [-0.2, -0.15) is 0 Å². The van der Waals surface area contributed by atoms with Gasteiger partial charge in [-0.15, -0.1) is 0 Å². The molecule has 1 aromatic heterocycles. The van der Waals surface area contributed by atoms with Crippen LogP contribution in [0.4, 0.5) is 5.69 Å². The van der Waals surface area contributed by atoms with Crippen molar-refractivity contribution in [1.82, 2.24) is 9.97 Å². The molecule has 90 valence electrons. The maximum Gasteiger partial charge on any atom is 0.138 e. The first-order chi connectivity index (χ1) is 8.63. The minimum atomic E-state index is 0.765. The Morgan fingerprint density at radius 3 is 2.39 bits per heavy atom. The van der Waals surface area contributed by atoms with Gasteiger partial charge in [0.2, 0.25) is 0 Å². The second-order valence-corrected chi connectivity index (χ2v) is 4.66. The predicted octanol–water partition coefficient (Wildman–Crippen LogP) is 3.43. The SMILES string of the molecule is Cc1cc2nc(-c3ccc(N)cc3)[nH]c2cc1C. The van der Waals surface area contributed by atoms with Crippen LogP contribution in [0.1, 0.15) is 11.1 Å². The van der Waals surface area contributed by atoms with Gasteiger partial charge in [0, 0.05) is 11.3 Å². The first-order valence-corrected chi connectivity index (χ1v) is 5.96. The van der Waals surface area contributed by atoms with E-state index in [0.717, 1.165) is 28.1 Å². The lowest BCUT2D eigenvalue weighted by Gasteiger charge is -1.97. The second-order valence-electron chi connectivity index (χ2n) is 4.66. The van der Waals surface area contributed by atoms with Crippen molar-refractivity contribution in [2.75, 3.05) is 5.73 Å². The minimum absolute atomic E-state index is 0.765. The van der Waals surface area contributed by atoms with E-state index in [-0.39, 0.29) is 0 Å². The molecule has 0 bridgehead atoms. The number of rotatable bonds is 1. The first-order valence-electron chi connectivity index (χ1n) is 5.96. The Kier molecular flexibility index (Phi) is 2.33. The average molecular weight is 237 g/mol. The zero-order valence-corrected chi connectivity index (χ0v) is 10.5. The molecule has 0 radical (unpaired) electrons. The van der Waals surface area contributed by atoms with Gasteiger partial charge in [-0.3, -0.25) is 0 Å². The molecule has 3 rings (SSSR count). The largest absolute Gasteiger partial charge is 0.399 e. The summed E-state index contributed by atoms with van der Waals surface area (Å²) in [6, 6.07) is 12.0. The standard InChI is InChI=1S/C15H15N3/c1-9-7-13-14(8-10(9)2)18-15(17-13)11-3-5-12(16)6-4-11/h3-8H,16H2,1-2H3,(H,17,18). The van der Waals surface area contributed by atoms with Crippen LogP contribution in [-0.2, 0) is 0 Å². The number of nitrogen functional groups attached to an aromatic ring is 1. The zero-order valence-electron chi connectivity index (χ0n) is 10.5. The van der Waals surface area contributed by atoms with Crippen molar-refractivity contribution in [2.24, 2.45) is 0 Å². The van der Waals surface area contributed by atoms with E-state index in [1.165, 1.54) is 11.1 Å². The van der Waals surface area contributed by atoms with Gasteiger partial charge >= 0.3 is 0 Å². The molecule has 3 N–H and O–H groups in total. The fourth-order valence-electron chi connectivity index (χ4n) is 2.05. The number of hydrogen-bond donors (Lipinski definition) is 2. The highest BCUT2D eigenvalue weighted by Gasteiger charge is 2.06. The molecule has 0 aliphatic rings. The molecular formula is C15H15N3. The lowest BCUT2D eigenvalue weighted by atomic mass is 10.1. The average Bonchev–Trinajstić information content (AvgIpc) is 2.73. The van der Waals surface area contributed by atoms with Crippen LogP contribution in [0.25, 0.3) is 22.4 Å². The number of aromatic amines is 1. The molecule has 0 aliphatic carbocycles. The van der Waals surface area contributed by atoms with Crippen molar-refractivity contribution in [1.29, 1.82) is 0 Å². The molecule has 3 aromatic rings. The highest BCUT2D eigenvalue weighted by Crippen LogP contribution is 2.23. The molecule has 0 amide bonds. The van der Waals surface area contributed by atoms with E-state index < -0.39 is 0 Å². The van der Waals surface area contributed by atoms with Crippen LogP contribution in [0.15, 0.2) is 36.4 Å². The van der Waals surface area contributed by atoms with Gasteiger partial charge in [0.05, 0.1) is 11.0 Å². The van der Waals surface area contributed by atoms with Crippen LogP contribution in [0.5, 0.6) is 0 Å². The number of nitrogens with one attached hydrogen (secondary N) is 1. The van der Waals surface area contributed by atoms with Crippen molar-refractivity contribution in [3.8, 4) is 11.4 Å². The van der Waals surface area contributed by atoms with E-state index in [4.69, 9.17) is 5.73 Å². The summed E-state index contributed by atoms with van der Waals surface area (Å²) in [6.45, 7) is 4.21. The van der Waals surface area contributed by atoms with Crippen LogP contribution in [0, 0.1) is 13.8 Å². The summed E-state index contributed by atoms with van der Waals surface area (Å²) in [7, 11) is 0. The Morgan fingerprint density at radius 1 is 1.00 bits per heavy atom. The molecule has 3 heteroatoms. The summed E-state index contributed by atoms with van der Waals surface area (Å²) >= 11 is 0. The van der Waals surface area contributed by atoms with E-state index in [1.54, 1.807) is 0 Å².